The third-order valence-electron chi connectivity index (χ3n) is 2.25. The minimum atomic E-state index is 0.273. The molecule has 1 heterocycles. The van der Waals surface area contributed by atoms with E-state index < -0.39 is 0 Å². The quantitative estimate of drug-likeness (QED) is 0.761. The molecule has 0 spiro atoms. The Bertz CT molecular complexity index is 451. The molecule has 0 unspecified atom stereocenters. The van der Waals surface area contributed by atoms with Crippen molar-refractivity contribution in [3.05, 3.63) is 42.1 Å². The van der Waals surface area contributed by atoms with Gasteiger partial charge in [0.15, 0.2) is 0 Å². The van der Waals surface area contributed by atoms with Crippen molar-refractivity contribution in [2.45, 2.75) is 26.6 Å². The minimum Gasteiger partial charge on any atom is -0.374 e. The van der Waals surface area contributed by atoms with Gasteiger partial charge in [-0.05, 0) is 37.6 Å². The molecule has 78 valence electrons. The number of benzene rings is 1. The number of hydrogen-bond acceptors (Lipinski definition) is 2. The van der Waals surface area contributed by atoms with Crippen LogP contribution in [0.3, 0.4) is 0 Å². The van der Waals surface area contributed by atoms with E-state index in [0.717, 1.165) is 5.52 Å². The second-order valence-corrected chi connectivity index (χ2v) is 3.89. The van der Waals surface area contributed by atoms with Crippen LogP contribution in [0.2, 0.25) is 0 Å². The van der Waals surface area contributed by atoms with Gasteiger partial charge in [-0.25, -0.2) is 0 Å². The van der Waals surface area contributed by atoms with E-state index >= 15 is 0 Å². The molecule has 1 aromatic heterocycles. The molecule has 0 aliphatic rings. The van der Waals surface area contributed by atoms with Gasteiger partial charge < -0.3 is 4.74 Å². The van der Waals surface area contributed by atoms with E-state index in [-0.39, 0.29) is 6.10 Å². The van der Waals surface area contributed by atoms with Crippen LogP contribution in [0.4, 0.5) is 0 Å². The Morgan fingerprint density at radius 2 is 2.13 bits per heavy atom. The molecule has 15 heavy (non-hydrogen) atoms. The van der Waals surface area contributed by atoms with Gasteiger partial charge in [-0.1, -0.05) is 12.1 Å². The maximum absolute atomic E-state index is 5.56. The van der Waals surface area contributed by atoms with Gasteiger partial charge in [0, 0.05) is 11.6 Å². The second kappa shape index (κ2) is 4.41. The Balaban J connectivity index is 2.23. The zero-order valence-electron chi connectivity index (χ0n) is 9.10. The summed E-state index contributed by atoms with van der Waals surface area (Å²) in [5.41, 5.74) is 2.23. The predicted molar refractivity (Wildman–Crippen MR) is 61.7 cm³/mol. The molecule has 0 radical (unpaired) electrons. The van der Waals surface area contributed by atoms with Crippen LogP contribution in [0, 0.1) is 0 Å². The third kappa shape index (κ3) is 2.54. The van der Waals surface area contributed by atoms with E-state index in [1.807, 2.05) is 32.2 Å². The van der Waals surface area contributed by atoms with Crippen LogP contribution in [-0.4, -0.2) is 11.1 Å². The SMILES string of the molecule is CC(C)OCc1ccc2ncccc2c1. The molecule has 2 heteroatoms. The first-order valence-corrected chi connectivity index (χ1v) is 5.21. The largest absolute Gasteiger partial charge is 0.374 e. The Morgan fingerprint density at radius 3 is 2.93 bits per heavy atom. The van der Waals surface area contributed by atoms with Crippen molar-refractivity contribution in [1.82, 2.24) is 4.98 Å². The predicted octanol–water partition coefficient (Wildman–Crippen LogP) is 3.16. The van der Waals surface area contributed by atoms with Gasteiger partial charge in [-0.2, -0.15) is 0 Å². The van der Waals surface area contributed by atoms with Crippen LogP contribution in [-0.2, 0) is 11.3 Å². The average molecular weight is 201 g/mol. The van der Waals surface area contributed by atoms with Gasteiger partial charge in [0.1, 0.15) is 0 Å². The van der Waals surface area contributed by atoms with E-state index in [9.17, 15) is 0 Å². The summed E-state index contributed by atoms with van der Waals surface area (Å²) in [6.45, 7) is 4.76. The van der Waals surface area contributed by atoms with Crippen molar-refractivity contribution < 1.29 is 4.74 Å². The van der Waals surface area contributed by atoms with Crippen LogP contribution in [0.5, 0.6) is 0 Å². The van der Waals surface area contributed by atoms with Crippen LogP contribution in [0.25, 0.3) is 10.9 Å². The molecule has 0 aliphatic heterocycles. The van der Waals surface area contributed by atoms with E-state index in [0.29, 0.717) is 6.61 Å². The van der Waals surface area contributed by atoms with Crippen molar-refractivity contribution in [1.29, 1.82) is 0 Å². The highest BCUT2D eigenvalue weighted by molar-refractivity contribution is 5.78. The summed E-state index contributed by atoms with van der Waals surface area (Å²) in [5.74, 6) is 0. The molecule has 0 atom stereocenters. The zero-order valence-corrected chi connectivity index (χ0v) is 9.10. The van der Waals surface area contributed by atoms with Crippen LogP contribution >= 0.6 is 0 Å². The topological polar surface area (TPSA) is 22.1 Å². The highest BCUT2D eigenvalue weighted by Crippen LogP contribution is 2.14. The maximum atomic E-state index is 5.56. The Morgan fingerprint density at radius 1 is 1.27 bits per heavy atom. The number of aromatic nitrogens is 1. The Kier molecular flexibility index (Phi) is 2.97. The zero-order chi connectivity index (χ0) is 10.7. The lowest BCUT2D eigenvalue weighted by Crippen LogP contribution is -2.02. The summed E-state index contributed by atoms with van der Waals surface area (Å²) in [6.07, 6.45) is 2.08. The summed E-state index contributed by atoms with van der Waals surface area (Å²) in [4.78, 5) is 4.28. The van der Waals surface area contributed by atoms with E-state index in [4.69, 9.17) is 4.74 Å². The second-order valence-electron chi connectivity index (χ2n) is 3.89. The lowest BCUT2D eigenvalue weighted by molar-refractivity contribution is 0.0658. The summed E-state index contributed by atoms with van der Waals surface area (Å²) >= 11 is 0. The molecule has 0 aliphatic carbocycles. The lowest BCUT2D eigenvalue weighted by atomic mass is 10.1. The standard InChI is InChI=1S/C13H15NO/c1-10(2)15-9-11-5-6-13-12(8-11)4-3-7-14-13/h3-8,10H,9H2,1-2H3. The minimum absolute atomic E-state index is 0.273. The summed E-state index contributed by atoms with van der Waals surface area (Å²) in [7, 11) is 0. The molecule has 2 aromatic rings. The monoisotopic (exact) mass is 201 g/mol. The smallest absolute Gasteiger partial charge is 0.0720 e. The fraction of sp³-hybridized carbons (Fsp3) is 0.308. The number of hydrogen-bond donors (Lipinski definition) is 0. The average Bonchev–Trinajstić information content (AvgIpc) is 2.26. The molecule has 0 saturated heterocycles. The fourth-order valence-corrected chi connectivity index (χ4v) is 1.48. The number of ether oxygens (including phenoxy) is 1. The van der Waals surface area contributed by atoms with Crippen LogP contribution in [0.1, 0.15) is 19.4 Å². The molecule has 0 fully saturated rings. The number of rotatable bonds is 3. The molecular weight excluding hydrogens is 186 g/mol. The Labute approximate surface area is 89.9 Å². The third-order valence-corrected chi connectivity index (χ3v) is 2.25. The van der Waals surface area contributed by atoms with E-state index in [1.54, 1.807) is 0 Å². The molecule has 2 rings (SSSR count). The Hall–Kier alpha value is -1.41. The first-order valence-electron chi connectivity index (χ1n) is 5.21. The molecule has 2 nitrogen and oxygen atoms in total. The fourth-order valence-electron chi connectivity index (χ4n) is 1.48. The molecule has 0 saturated carbocycles. The number of fused-ring (bicyclic) bond motifs is 1. The van der Waals surface area contributed by atoms with E-state index in [1.165, 1.54) is 10.9 Å². The molecular formula is C13H15NO. The number of nitrogens with zero attached hydrogens (tertiary/aromatic N) is 1. The van der Waals surface area contributed by atoms with Crippen molar-refractivity contribution in [3.63, 3.8) is 0 Å². The summed E-state index contributed by atoms with van der Waals surface area (Å²) in [5, 5.41) is 1.17. The number of pyridine rings is 1. The molecule has 0 amide bonds. The van der Waals surface area contributed by atoms with Gasteiger partial charge in [0.25, 0.3) is 0 Å². The molecule has 0 bridgehead atoms. The van der Waals surface area contributed by atoms with Crippen LogP contribution < -0.4 is 0 Å². The van der Waals surface area contributed by atoms with Crippen molar-refractivity contribution in [2.75, 3.05) is 0 Å². The van der Waals surface area contributed by atoms with Gasteiger partial charge in [0.2, 0.25) is 0 Å². The summed E-state index contributed by atoms with van der Waals surface area (Å²) < 4.78 is 5.56. The van der Waals surface area contributed by atoms with Gasteiger partial charge in [-0.15, -0.1) is 0 Å². The first-order chi connectivity index (χ1) is 7.25. The highest BCUT2D eigenvalue weighted by atomic mass is 16.5. The van der Waals surface area contributed by atoms with Gasteiger partial charge in [0.05, 0.1) is 18.2 Å². The van der Waals surface area contributed by atoms with E-state index in [2.05, 4.69) is 23.2 Å². The maximum Gasteiger partial charge on any atom is 0.0720 e. The van der Waals surface area contributed by atoms with Crippen molar-refractivity contribution in [3.8, 4) is 0 Å². The molecule has 0 N–H and O–H groups in total. The lowest BCUT2D eigenvalue weighted by Gasteiger charge is -2.07. The van der Waals surface area contributed by atoms with Crippen LogP contribution in [0.15, 0.2) is 36.5 Å². The first kappa shape index (κ1) is 10.1. The van der Waals surface area contributed by atoms with Gasteiger partial charge >= 0.3 is 0 Å². The van der Waals surface area contributed by atoms with Crippen molar-refractivity contribution >= 4 is 10.9 Å². The molecule has 1 aromatic carbocycles. The van der Waals surface area contributed by atoms with Gasteiger partial charge in [-0.3, -0.25) is 4.98 Å². The normalized spacial score (nSPS) is 11.1. The van der Waals surface area contributed by atoms with Crippen molar-refractivity contribution in [2.24, 2.45) is 0 Å². The summed E-state index contributed by atoms with van der Waals surface area (Å²) in [6, 6.07) is 10.3. The highest BCUT2D eigenvalue weighted by Gasteiger charge is 1.98.